The maximum Gasteiger partial charge on any atom is 0.320 e. The van der Waals surface area contributed by atoms with Crippen LogP contribution in [0.15, 0.2) is 24.3 Å². The fourth-order valence-electron chi connectivity index (χ4n) is 1.92. The van der Waals surface area contributed by atoms with Crippen molar-refractivity contribution in [2.75, 3.05) is 6.54 Å². The molecule has 1 aliphatic rings. The Bertz CT molecular complexity index is 391. The van der Waals surface area contributed by atoms with E-state index in [0.717, 1.165) is 18.7 Å². The normalized spacial score (nSPS) is 23.8. The van der Waals surface area contributed by atoms with E-state index in [1.54, 1.807) is 0 Å². The Kier molecular flexibility index (Phi) is 4.07. The highest BCUT2D eigenvalue weighted by Gasteiger charge is 2.29. The predicted octanol–water partition coefficient (Wildman–Crippen LogP) is 2.04. The number of benzene rings is 1. The van der Waals surface area contributed by atoms with Crippen LogP contribution in [0, 0.1) is 6.92 Å². The maximum atomic E-state index is 10.8. The summed E-state index contributed by atoms with van der Waals surface area (Å²) in [5.41, 5.74) is 2.58. The first kappa shape index (κ1) is 12.5. The lowest BCUT2D eigenvalue weighted by atomic mass is 10.2. The van der Waals surface area contributed by atoms with Gasteiger partial charge in [-0.3, -0.25) is 4.79 Å². The number of carbonyl (C=O) groups is 1. The van der Waals surface area contributed by atoms with E-state index in [9.17, 15) is 4.79 Å². The summed E-state index contributed by atoms with van der Waals surface area (Å²) in [6, 6.07) is 8.15. The minimum atomic E-state index is -0.733. The van der Waals surface area contributed by atoms with Crippen molar-refractivity contribution in [3.63, 3.8) is 0 Å². The van der Waals surface area contributed by atoms with Gasteiger partial charge in [-0.25, -0.2) is 0 Å². The molecule has 1 saturated heterocycles. The third kappa shape index (κ3) is 3.48. The molecule has 2 rings (SSSR count). The zero-order valence-corrected chi connectivity index (χ0v) is 10.7. The zero-order valence-electron chi connectivity index (χ0n) is 9.85. The number of aryl methyl sites for hydroxylation is 1. The number of nitrogens with one attached hydrogen (secondary N) is 1. The third-order valence-electron chi connectivity index (χ3n) is 2.99. The Morgan fingerprint density at radius 3 is 2.76 bits per heavy atom. The molecule has 0 aromatic heterocycles. The summed E-state index contributed by atoms with van der Waals surface area (Å²) in [5, 5.41) is 12.3. The van der Waals surface area contributed by atoms with E-state index < -0.39 is 5.97 Å². The van der Waals surface area contributed by atoms with Crippen LogP contribution in [-0.2, 0) is 10.5 Å². The number of rotatable bonds is 4. The van der Waals surface area contributed by atoms with Crippen molar-refractivity contribution in [3.05, 3.63) is 35.4 Å². The monoisotopic (exact) mass is 251 g/mol. The molecule has 1 fully saturated rings. The van der Waals surface area contributed by atoms with Crippen LogP contribution in [0.5, 0.6) is 0 Å². The van der Waals surface area contributed by atoms with Gasteiger partial charge in [-0.2, -0.15) is 11.8 Å². The molecule has 17 heavy (non-hydrogen) atoms. The van der Waals surface area contributed by atoms with Crippen molar-refractivity contribution in [2.24, 2.45) is 0 Å². The molecule has 2 N–H and O–H groups in total. The van der Waals surface area contributed by atoms with Crippen molar-refractivity contribution in [2.45, 2.75) is 30.4 Å². The number of aliphatic carboxylic acids is 1. The van der Waals surface area contributed by atoms with Crippen LogP contribution >= 0.6 is 11.8 Å². The highest BCUT2D eigenvalue weighted by atomic mass is 32.2. The molecule has 0 bridgehead atoms. The third-order valence-corrected chi connectivity index (χ3v) is 4.33. The van der Waals surface area contributed by atoms with Gasteiger partial charge in [-0.15, -0.1) is 0 Å². The molecule has 3 nitrogen and oxygen atoms in total. The number of carboxylic acid groups (broad SMARTS) is 1. The second kappa shape index (κ2) is 5.56. The maximum absolute atomic E-state index is 10.8. The number of carboxylic acids is 1. The highest BCUT2D eigenvalue weighted by molar-refractivity contribution is 7.99. The molecule has 2 atom stereocenters. The summed E-state index contributed by atoms with van der Waals surface area (Å²) in [6.07, 6.45) is 0.728. The fourth-order valence-corrected chi connectivity index (χ4v) is 3.08. The Balaban J connectivity index is 1.80. The van der Waals surface area contributed by atoms with Gasteiger partial charge in [0.2, 0.25) is 0 Å². The first-order chi connectivity index (χ1) is 8.15. The van der Waals surface area contributed by atoms with Crippen LogP contribution in [-0.4, -0.2) is 28.9 Å². The minimum Gasteiger partial charge on any atom is -0.480 e. The van der Waals surface area contributed by atoms with Crippen molar-refractivity contribution in [1.82, 2.24) is 5.32 Å². The quantitative estimate of drug-likeness (QED) is 0.860. The largest absolute Gasteiger partial charge is 0.480 e. The molecule has 0 amide bonds. The van der Waals surface area contributed by atoms with Crippen LogP contribution in [0.1, 0.15) is 17.5 Å². The van der Waals surface area contributed by atoms with Crippen LogP contribution in [0.3, 0.4) is 0 Å². The molecule has 92 valence electrons. The van der Waals surface area contributed by atoms with Gasteiger partial charge >= 0.3 is 5.97 Å². The minimum absolute atomic E-state index is 0.356. The van der Waals surface area contributed by atoms with Crippen molar-refractivity contribution < 1.29 is 9.90 Å². The van der Waals surface area contributed by atoms with Gasteiger partial charge in [0.15, 0.2) is 0 Å². The average molecular weight is 251 g/mol. The Morgan fingerprint density at radius 2 is 2.18 bits per heavy atom. The molecule has 4 heteroatoms. The summed E-state index contributed by atoms with van der Waals surface area (Å²) in [5.74, 6) is 0.224. The van der Waals surface area contributed by atoms with Gasteiger partial charge in [-0.1, -0.05) is 29.8 Å². The lowest BCUT2D eigenvalue weighted by Gasteiger charge is -2.08. The van der Waals surface area contributed by atoms with Crippen LogP contribution in [0.4, 0.5) is 0 Å². The topological polar surface area (TPSA) is 49.3 Å². The predicted molar refractivity (Wildman–Crippen MR) is 70.3 cm³/mol. The van der Waals surface area contributed by atoms with E-state index in [1.165, 1.54) is 11.1 Å². The van der Waals surface area contributed by atoms with E-state index in [0.29, 0.717) is 5.25 Å². The van der Waals surface area contributed by atoms with Gasteiger partial charge in [-0.05, 0) is 18.9 Å². The molecule has 0 aliphatic carbocycles. The zero-order chi connectivity index (χ0) is 12.3. The first-order valence-corrected chi connectivity index (χ1v) is 6.83. The summed E-state index contributed by atoms with van der Waals surface area (Å²) in [4.78, 5) is 10.8. The molecular formula is C13H17NO2S. The van der Waals surface area contributed by atoms with Crippen molar-refractivity contribution in [1.29, 1.82) is 0 Å². The first-order valence-electron chi connectivity index (χ1n) is 5.78. The molecule has 1 aromatic carbocycles. The molecule has 1 heterocycles. The number of hydrogen-bond acceptors (Lipinski definition) is 3. The van der Waals surface area contributed by atoms with E-state index >= 15 is 0 Å². The average Bonchev–Trinajstić information content (AvgIpc) is 2.77. The molecule has 0 radical (unpaired) electrons. The second-order valence-corrected chi connectivity index (χ2v) is 5.74. The Morgan fingerprint density at radius 1 is 1.47 bits per heavy atom. The lowest BCUT2D eigenvalue weighted by molar-refractivity contribution is -0.139. The fraction of sp³-hybridized carbons (Fsp3) is 0.462. The molecule has 1 aromatic rings. The summed E-state index contributed by atoms with van der Waals surface area (Å²) < 4.78 is 0. The summed E-state index contributed by atoms with van der Waals surface area (Å²) in [7, 11) is 0. The van der Waals surface area contributed by atoms with Crippen molar-refractivity contribution in [3.8, 4) is 0 Å². The smallest absolute Gasteiger partial charge is 0.320 e. The van der Waals surface area contributed by atoms with Crippen LogP contribution < -0.4 is 5.32 Å². The van der Waals surface area contributed by atoms with E-state index in [4.69, 9.17) is 5.11 Å². The van der Waals surface area contributed by atoms with E-state index in [1.807, 2.05) is 11.8 Å². The Labute approximate surface area is 106 Å². The summed E-state index contributed by atoms with van der Waals surface area (Å²) in [6.45, 7) is 2.88. The van der Waals surface area contributed by atoms with Gasteiger partial charge in [0.25, 0.3) is 0 Å². The molecular weight excluding hydrogens is 234 g/mol. The molecule has 1 aliphatic heterocycles. The number of hydrogen-bond donors (Lipinski definition) is 2. The van der Waals surface area contributed by atoms with Gasteiger partial charge in [0.05, 0.1) is 0 Å². The standard InChI is InChI=1S/C13H17NO2S/c1-9-2-4-10(5-3-9)8-17-11-6-12(13(15)16)14-7-11/h2-5,11-12,14H,6-8H2,1H3,(H,15,16). The second-order valence-electron chi connectivity index (χ2n) is 4.45. The van der Waals surface area contributed by atoms with Crippen LogP contribution in [0.25, 0.3) is 0 Å². The van der Waals surface area contributed by atoms with E-state index in [-0.39, 0.29) is 6.04 Å². The van der Waals surface area contributed by atoms with Crippen LogP contribution in [0.2, 0.25) is 0 Å². The van der Waals surface area contributed by atoms with Crippen molar-refractivity contribution >= 4 is 17.7 Å². The summed E-state index contributed by atoms with van der Waals surface area (Å²) >= 11 is 1.84. The molecule has 2 unspecified atom stereocenters. The SMILES string of the molecule is Cc1ccc(CSC2CNC(C(=O)O)C2)cc1. The highest BCUT2D eigenvalue weighted by Crippen LogP contribution is 2.24. The van der Waals surface area contributed by atoms with Gasteiger partial charge in [0.1, 0.15) is 6.04 Å². The molecule has 0 saturated carbocycles. The van der Waals surface area contributed by atoms with Gasteiger partial charge in [0, 0.05) is 17.5 Å². The number of thioether (sulfide) groups is 1. The Hall–Kier alpha value is -1.00. The molecule has 0 spiro atoms. The van der Waals surface area contributed by atoms with Gasteiger partial charge < -0.3 is 10.4 Å². The lowest BCUT2D eigenvalue weighted by Crippen LogP contribution is -2.29. The van der Waals surface area contributed by atoms with E-state index in [2.05, 4.69) is 36.5 Å².